The van der Waals surface area contributed by atoms with Crippen LogP contribution in [0.5, 0.6) is 0 Å². The summed E-state index contributed by atoms with van der Waals surface area (Å²) >= 11 is 0. The van der Waals surface area contributed by atoms with Crippen molar-refractivity contribution in [3.05, 3.63) is 46.1 Å². The maximum atomic E-state index is 4.16. The van der Waals surface area contributed by atoms with Crippen LogP contribution in [-0.4, -0.2) is 13.1 Å². The van der Waals surface area contributed by atoms with Crippen LogP contribution in [0.1, 0.15) is 41.0 Å². The third kappa shape index (κ3) is 2.98. The van der Waals surface area contributed by atoms with E-state index in [2.05, 4.69) is 52.6 Å². The summed E-state index contributed by atoms with van der Waals surface area (Å²) in [7, 11) is 0. The Bertz CT molecular complexity index is 405. The van der Waals surface area contributed by atoms with Crippen molar-refractivity contribution >= 4 is 0 Å². The molecule has 0 bridgehead atoms. The molecular formula is C16H25N. The summed E-state index contributed by atoms with van der Waals surface area (Å²) < 4.78 is 0. The SMILES string of the molecule is C=C(C)C1=C(C)CNCC(=C/C)/C1=C(\C)CC. The molecule has 94 valence electrons. The minimum atomic E-state index is 0.956. The van der Waals surface area contributed by atoms with E-state index < -0.39 is 0 Å². The Hall–Kier alpha value is -1.08. The summed E-state index contributed by atoms with van der Waals surface area (Å²) in [5, 5.41) is 3.49. The first-order valence-corrected chi connectivity index (χ1v) is 6.44. The third-order valence-electron chi connectivity index (χ3n) is 3.44. The van der Waals surface area contributed by atoms with Gasteiger partial charge in [-0.1, -0.05) is 36.3 Å². The lowest BCUT2D eigenvalue weighted by molar-refractivity contribution is 0.806. The summed E-state index contributed by atoms with van der Waals surface area (Å²) in [5.41, 5.74) is 8.22. The van der Waals surface area contributed by atoms with E-state index in [9.17, 15) is 0 Å². The molecule has 17 heavy (non-hydrogen) atoms. The second kappa shape index (κ2) is 6.02. The van der Waals surface area contributed by atoms with Crippen molar-refractivity contribution in [2.75, 3.05) is 13.1 Å². The van der Waals surface area contributed by atoms with Gasteiger partial charge >= 0.3 is 0 Å². The lowest BCUT2D eigenvalue weighted by Crippen LogP contribution is -2.17. The van der Waals surface area contributed by atoms with Crippen LogP contribution < -0.4 is 5.32 Å². The van der Waals surface area contributed by atoms with Crippen LogP contribution in [0.3, 0.4) is 0 Å². The molecule has 0 aromatic rings. The molecule has 1 heteroatoms. The monoisotopic (exact) mass is 231 g/mol. The average Bonchev–Trinajstić information content (AvgIpc) is 2.46. The van der Waals surface area contributed by atoms with Crippen molar-refractivity contribution in [3.8, 4) is 0 Å². The van der Waals surface area contributed by atoms with Gasteiger partial charge in [0.15, 0.2) is 0 Å². The van der Waals surface area contributed by atoms with E-state index >= 15 is 0 Å². The first-order valence-electron chi connectivity index (χ1n) is 6.44. The Morgan fingerprint density at radius 2 is 2.00 bits per heavy atom. The van der Waals surface area contributed by atoms with Crippen LogP contribution in [0.15, 0.2) is 46.1 Å². The van der Waals surface area contributed by atoms with Gasteiger partial charge in [0.05, 0.1) is 0 Å². The predicted octanol–water partition coefficient (Wildman–Crippen LogP) is 4.16. The van der Waals surface area contributed by atoms with Gasteiger partial charge in [0, 0.05) is 13.1 Å². The first-order chi connectivity index (χ1) is 8.02. The number of nitrogens with one attached hydrogen (secondary N) is 1. The smallest absolute Gasteiger partial charge is 0.0211 e. The van der Waals surface area contributed by atoms with Crippen LogP contribution in [0, 0.1) is 0 Å². The predicted molar refractivity (Wildman–Crippen MR) is 77.1 cm³/mol. The summed E-state index contributed by atoms with van der Waals surface area (Å²) in [5.74, 6) is 0. The molecule has 0 saturated heterocycles. The van der Waals surface area contributed by atoms with Gasteiger partial charge in [-0.2, -0.15) is 0 Å². The molecule has 0 saturated carbocycles. The zero-order chi connectivity index (χ0) is 13.0. The average molecular weight is 231 g/mol. The van der Waals surface area contributed by atoms with E-state index in [1.165, 1.54) is 33.4 Å². The van der Waals surface area contributed by atoms with Crippen LogP contribution in [0.4, 0.5) is 0 Å². The quantitative estimate of drug-likeness (QED) is 0.752. The second-order valence-electron chi connectivity index (χ2n) is 4.86. The lowest BCUT2D eigenvalue weighted by Gasteiger charge is -2.18. The van der Waals surface area contributed by atoms with E-state index in [1.54, 1.807) is 0 Å². The van der Waals surface area contributed by atoms with E-state index in [0.717, 1.165) is 19.5 Å². The Balaban J connectivity index is 3.48. The molecule has 0 unspecified atom stereocenters. The van der Waals surface area contributed by atoms with Crippen molar-refractivity contribution in [1.29, 1.82) is 0 Å². The molecule has 0 aliphatic carbocycles. The molecule has 1 aliphatic heterocycles. The van der Waals surface area contributed by atoms with Crippen LogP contribution in [-0.2, 0) is 0 Å². The normalized spacial score (nSPS) is 22.8. The van der Waals surface area contributed by atoms with Gasteiger partial charge in [-0.25, -0.2) is 0 Å². The summed E-state index contributed by atoms with van der Waals surface area (Å²) in [4.78, 5) is 0. The van der Waals surface area contributed by atoms with E-state index in [4.69, 9.17) is 0 Å². The molecule has 0 atom stereocenters. The van der Waals surface area contributed by atoms with E-state index in [-0.39, 0.29) is 0 Å². The molecule has 0 amide bonds. The number of hydrogen-bond acceptors (Lipinski definition) is 1. The summed E-state index contributed by atoms with van der Waals surface area (Å²) in [6, 6.07) is 0. The van der Waals surface area contributed by atoms with E-state index in [1.807, 2.05) is 0 Å². The molecule has 0 spiro atoms. The highest BCUT2D eigenvalue weighted by Crippen LogP contribution is 2.32. The summed E-state index contributed by atoms with van der Waals surface area (Å²) in [6.07, 6.45) is 3.32. The standard InChI is InChI=1S/C16H25N/c1-7-12(5)16-14(8-2)10-17-9-13(6)15(16)11(3)4/h8,17H,3,7,9-10H2,1-2,4-6H3/b14-8-,16-12-. The Kier molecular flexibility index (Phi) is 4.95. The van der Waals surface area contributed by atoms with Gasteiger partial charge in [0.2, 0.25) is 0 Å². The fourth-order valence-corrected chi connectivity index (χ4v) is 2.42. The Morgan fingerprint density at radius 3 is 2.47 bits per heavy atom. The highest BCUT2D eigenvalue weighted by molar-refractivity contribution is 5.59. The van der Waals surface area contributed by atoms with Crippen molar-refractivity contribution in [2.24, 2.45) is 0 Å². The maximum Gasteiger partial charge on any atom is 0.0211 e. The molecule has 0 aromatic heterocycles. The largest absolute Gasteiger partial charge is 0.309 e. The van der Waals surface area contributed by atoms with Gasteiger partial charge in [0.1, 0.15) is 0 Å². The molecule has 0 radical (unpaired) electrons. The van der Waals surface area contributed by atoms with Crippen molar-refractivity contribution in [3.63, 3.8) is 0 Å². The number of rotatable bonds is 2. The molecule has 1 N–H and O–H groups in total. The minimum absolute atomic E-state index is 0.956. The van der Waals surface area contributed by atoms with Gasteiger partial charge in [-0.3, -0.25) is 0 Å². The zero-order valence-electron chi connectivity index (χ0n) is 11.9. The second-order valence-corrected chi connectivity index (χ2v) is 4.86. The zero-order valence-corrected chi connectivity index (χ0v) is 11.9. The van der Waals surface area contributed by atoms with Crippen molar-refractivity contribution in [2.45, 2.75) is 41.0 Å². The first kappa shape index (κ1) is 14.0. The Morgan fingerprint density at radius 1 is 1.35 bits per heavy atom. The molecular weight excluding hydrogens is 206 g/mol. The van der Waals surface area contributed by atoms with Crippen LogP contribution in [0.2, 0.25) is 0 Å². The number of allylic oxidation sites excluding steroid dienone is 4. The fraction of sp³-hybridized carbons (Fsp3) is 0.500. The molecule has 1 rings (SSSR count). The van der Waals surface area contributed by atoms with Crippen LogP contribution >= 0.6 is 0 Å². The van der Waals surface area contributed by atoms with Gasteiger partial charge < -0.3 is 5.32 Å². The minimum Gasteiger partial charge on any atom is -0.309 e. The third-order valence-corrected chi connectivity index (χ3v) is 3.44. The molecule has 0 fully saturated rings. The molecule has 1 aliphatic rings. The van der Waals surface area contributed by atoms with Gasteiger partial charge in [-0.05, 0) is 50.8 Å². The van der Waals surface area contributed by atoms with Crippen LogP contribution in [0.25, 0.3) is 0 Å². The van der Waals surface area contributed by atoms with E-state index in [0.29, 0.717) is 0 Å². The van der Waals surface area contributed by atoms with Crippen molar-refractivity contribution < 1.29 is 0 Å². The highest BCUT2D eigenvalue weighted by atomic mass is 14.9. The molecule has 0 aromatic carbocycles. The molecule has 1 nitrogen and oxygen atoms in total. The Labute approximate surface area is 106 Å². The summed E-state index contributed by atoms with van der Waals surface area (Å²) in [6.45, 7) is 17.0. The maximum absolute atomic E-state index is 4.16. The topological polar surface area (TPSA) is 12.0 Å². The molecule has 1 heterocycles. The van der Waals surface area contributed by atoms with Gasteiger partial charge in [-0.15, -0.1) is 0 Å². The fourth-order valence-electron chi connectivity index (χ4n) is 2.42. The number of hydrogen-bond donors (Lipinski definition) is 1. The highest BCUT2D eigenvalue weighted by Gasteiger charge is 2.18. The van der Waals surface area contributed by atoms with Gasteiger partial charge in [0.25, 0.3) is 0 Å². The van der Waals surface area contributed by atoms with Crippen molar-refractivity contribution in [1.82, 2.24) is 5.32 Å². The lowest BCUT2D eigenvalue weighted by atomic mass is 9.87.